The van der Waals surface area contributed by atoms with Crippen LogP contribution < -0.4 is 14.2 Å². The highest BCUT2D eigenvalue weighted by Gasteiger charge is 2.20. The molecule has 9 heteroatoms. The zero-order valence-corrected chi connectivity index (χ0v) is 20.3. The quantitative estimate of drug-likeness (QED) is 0.194. The summed E-state index contributed by atoms with van der Waals surface area (Å²) in [4.78, 5) is 0. The van der Waals surface area contributed by atoms with Gasteiger partial charge in [-0.25, -0.2) is 0 Å². The monoisotopic (exact) mass is 501 g/mol. The highest BCUT2D eigenvalue weighted by molar-refractivity contribution is 7.99. The maximum absolute atomic E-state index is 6.42. The molecule has 1 heterocycles. The van der Waals surface area contributed by atoms with Crippen LogP contribution >= 0.6 is 35.0 Å². The summed E-state index contributed by atoms with van der Waals surface area (Å²) in [5, 5.41) is 10.6. The second-order valence-corrected chi connectivity index (χ2v) is 8.72. The summed E-state index contributed by atoms with van der Waals surface area (Å²) < 4.78 is 18.6. The normalized spacial score (nSPS) is 10.8. The van der Waals surface area contributed by atoms with Crippen LogP contribution in [0.1, 0.15) is 0 Å². The molecule has 0 aliphatic heterocycles. The van der Waals surface area contributed by atoms with Gasteiger partial charge >= 0.3 is 0 Å². The van der Waals surface area contributed by atoms with Crippen LogP contribution in [0.3, 0.4) is 0 Å². The van der Waals surface area contributed by atoms with Gasteiger partial charge in [0.05, 0.1) is 37.1 Å². The van der Waals surface area contributed by atoms with Crippen LogP contribution in [0.2, 0.25) is 10.0 Å². The Bertz CT molecular complexity index is 1240. The predicted molar refractivity (Wildman–Crippen MR) is 133 cm³/mol. The van der Waals surface area contributed by atoms with E-state index in [2.05, 4.69) is 10.2 Å². The zero-order valence-electron chi connectivity index (χ0n) is 18.0. The number of ether oxygens (including phenoxy) is 3. The number of aromatic nitrogens is 3. The van der Waals surface area contributed by atoms with Gasteiger partial charge in [0.2, 0.25) is 0 Å². The van der Waals surface area contributed by atoms with Gasteiger partial charge in [0.25, 0.3) is 0 Å². The van der Waals surface area contributed by atoms with E-state index in [1.165, 1.54) is 11.8 Å². The largest absolute Gasteiger partial charge is 0.496 e. The number of halogens is 2. The van der Waals surface area contributed by atoms with Crippen LogP contribution in [-0.4, -0.2) is 41.3 Å². The second kappa shape index (κ2) is 10.8. The first-order valence-electron chi connectivity index (χ1n) is 10.0. The maximum Gasteiger partial charge on any atom is 0.196 e. The predicted octanol–water partition coefficient (Wildman–Crippen LogP) is 6.43. The molecule has 3 aromatic carbocycles. The molecule has 1 aromatic heterocycles. The molecule has 0 spiro atoms. The van der Waals surface area contributed by atoms with E-state index in [0.29, 0.717) is 44.9 Å². The van der Waals surface area contributed by atoms with Crippen molar-refractivity contribution in [3.63, 3.8) is 0 Å². The van der Waals surface area contributed by atoms with E-state index in [0.717, 1.165) is 17.0 Å². The van der Waals surface area contributed by atoms with E-state index in [-0.39, 0.29) is 0 Å². The summed E-state index contributed by atoms with van der Waals surface area (Å²) in [6.45, 7) is 0.515. The first-order valence-corrected chi connectivity index (χ1v) is 11.8. The number of rotatable bonds is 9. The minimum atomic E-state index is 0.482. The molecule has 6 nitrogen and oxygen atoms in total. The molecule has 0 saturated carbocycles. The molecule has 4 aromatic rings. The van der Waals surface area contributed by atoms with Gasteiger partial charge in [-0.15, -0.1) is 10.2 Å². The summed E-state index contributed by atoms with van der Waals surface area (Å²) in [6.07, 6.45) is 0. The third-order valence-corrected chi connectivity index (χ3v) is 6.18. The van der Waals surface area contributed by atoms with Crippen molar-refractivity contribution in [2.75, 3.05) is 26.6 Å². The first kappa shape index (κ1) is 23.3. The molecule has 0 radical (unpaired) electrons. The van der Waals surface area contributed by atoms with Crippen molar-refractivity contribution >= 4 is 35.0 Å². The number of hydrogen-bond donors (Lipinski definition) is 0. The molecule has 0 fully saturated rings. The molecular formula is C24H21Cl2N3O3S. The fraction of sp³-hybridized carbons (Fsp3) is 0.167. The molecule has 170 valence electrons. The molecule has 0 saturated heterocycles. The topological polar surface area (TPSA) is 58.4 Å². The molecule has 0 aliphatic rings. The summed E-state index contributed by atoms with van der Waals surface area (Å²) in [6, 6.07) is 20.6. The average molecular weight is 502 g/mol. The number of para-hydroxylation sites is 1. The van der Waals surface area contributed by atoms with E-state index in [4.69, 9.17) is 37.4 Å². The number of benzene rings is 3. The minimum Gasteiger partial charge on any atom is -0.496 e. The van der Waals surface area contributed by atoms with E-state index < -0.39 is 0 Å². The van der Waals surface area contributed by atoms with Crippen LogP contribution in [0.5, 0.6) is 17.2 Å². The van der Waals surface area contributed by atoms with Crippen molar-refractivity contribution in [1.82, 2.24) is 14.8 Å². The lowest BCUT2D eigenvalue weighted by atomic mass is 10.2. The highest BCUT2D eigenvalue weighted by atomic mass is 35.5. The lowest BCUT2D eigenvalue weighted by Crippen LogP contribution is -2.04. The Hall–Kier alpha value is -2.87. The molecule has 0 N–H and O–H groups in total. The lowest BCUT2D eigenvalue weighted by Gasteiger charge is -2.14. The smallest absolute Gasteiger partial charge is 0.196 e. The minimum absolute atomic E-state index is 0.482. The third-order valence-electron chi connectivity index (χ3n) is 4.76. The first-order chi connectivity index (χ1) is 16.1. The Morgan fingerprint density at radius 2 is 1.64 bits per heavy atom. The summed E-state index contributed by atoms with van der Waals surface area (Å²) in [5.41, 5.74) is 1.51. The molecular weight excluding hydrogens is 481 g/mol. The number of thioether (sulfide) groups is 1. The van der Waals surface area contributed by atoms with Crippen LogP contribution in [0.15, 0.2) is 71.9 Å². The van der Waals surface area contributed by atoms with Crippen molar-refractivity contribution in [1.29, 1.82) is 0 Å². The van der Waals surface area contributed by atoms with E-state index in [1.54, 1.807) is 32.4 Å². The average Bonchev–Trinajstić information content (AvgIpc) is 3.26. The summed E-state index contributed by atoms with van der Waals surface area (Å²) in [5.74, 6) is 3.30. The maximum atomic E-state index is 6.42. The van der Waals surface area contributed by atoms with Gasteiger partial charge in [-0.3, -0.25) is 4.57 Å². The molecule has 0 aliphatic carbocycles. The van der Waals surface area contributed by atoms with Crippen molar-refractivity contribution in [2.45, 2.75) is 5.16 Å². The van der Waals surface area contributed by atoms with Gasteiger partial charge in [-0.2, -0.15) is 0 Å². The van der Waals surface area contributed by atoms with Crippen molar-refractivity contribution in [2.24, 2.45) is 0 Å². The Morgan fingerprint density at radius 1 is 0.879 bits per heavy atom. The zero-order chi connectivity index (χ0) is 23.2. The van der Waals surface area contributed by atoms with Crippen LogP contribution in [0, 0.1) is 0 Å². The Kier molecular flexibility index (Phi) is 7.65. The van der Waals surface area contributed by atoms with Crippen molar-refractivity contribution < 1.29 is 14.2 Å². The molecule has 0 amide bonds. The SMILES string of the molecule is COc1ccc(-n2c(SCCOc3ccccc3)nnc2-c2cc(Cl)ccc2OC)cc1Cl. The van der Waals surface area contributed by atoms with Crippen molar-refractivity contribution in [3.8, 4) is 34.3 Å². The van der Waals surface area contributed by atoms with Gasteiger partial charge in [0.15, 0.2) is 11.0 Å². The molecule has 33 heavy (non-hydrogen) atoms. The third kappa shape index (κ3) is 5.38. The highest BCUT2D eigenvalue weighted by Crippen LogP contribution is 2.36. The second-order valence-electron chi connectivity index (χ2n) is 6.82. The van der Waals surface area contributed by atoms with Gasteiger partial charge in [-0.05, 0) is 48.5 Å². The van der Waals surface area contributed by atoms with Gasteiger partial charge in [-0.1, -0.05) is 53.2 Å². The number of hydrogen-bond acceptors (Lipinski definition) is 6. The fourth-order valence-electron chi connectivity index (χ4n) is 3.23. The van der Waals surface area contributed by atoms with Gasteiger partial charge < -0.3 is 14.2 Å². The molecule has 0 unspecified atom stereocenters. The van der Waals surface area contributed by atoms with E-state index in [1.807, 2.05) is 53.1 Å². The van der Waals surface area contributed by atoms with E-state index in [9.17, 15) is 0 Å². The van der Waals surface area contributed by atoms with Crippen LogP contribution in [0.4, 0.5) is 0 Å². The standard InChI is InChI=1S/C24H21Cl2N3O3S/c1-30-21-10-8-16(25)14-19(21)23-27-28-24(33-13-12-32-18-6-4-3-5-7-18)29(23)17-9-11-22(31-2)20(26)15-17/h3-11,14-15H,12-13H2,1-2H3. The fourth-order valence-corrected chi connectivity index (χ4v) is 4.42. The Labute approximate surface area is 206 Å². The lowest BCUT2D eigenvalue weighted by molar-refractivity contribution is 0.344. The van der Waals surface area contributed by atoms with Crippen LogP contribution in [0.25, 0.3) is 17.1 Å². The van der Waals surface area contributed by atoms with Crippen molar-refractivity contribution in [3.05, 3.63) is 76.8 Å². The molecule has 0 atom stereocenters. The van der Waals surface area contributed by atoms with Crippen LogP contribution in [-0.2, 0) is 0 Å². The Balaban J connectivity index is 1.68. The molecule has 4 rings (SSSR count). The Morgan fingerprint density at radius 3 is 2.36 bits per heavy atom. The number of methoxy groups -OCH3 is 2. The number of nitrogens with zero attached hydrogens (tertiary/aromatic N) is 3. The summed E-state index contributed by atoms with van der Waals surface area (Å²) >= 11 is 14.2. The van der Waals surface area contributed by atoms with Gasteiger partial charge in [0.1, 0.15) is 17.2 Å². The van der Waals surface area contributed by atoms with E-state index >= 15 is 0 Å². The summed E-state index contributed by atoms with van der Waals surface area (Å²) in [7, 11) is 3.18. The molecule has 0 bridgehead atoms. The van der Waals surface area contributed by atoms with Gasteiger partial charge in [0, 0.05) is 10.8 Å².